The number of hydrogen-bond donors (Lipinski definition) is 2. The summed E-state index contributed by atoms with van der Waals surface area (Å²) in [6, 6.07) is 7.56. The maximum absolute atomic E-state index is 12.6. The zero-order valence-corrected chi connectivity index (χ0v) is 13.6. The molecule has 24 heavy (non-hydrogen) atoms. The third kappa shape index (κ3) is 3.90. The van der Waals surface area contributed by atoms with Gasteiger partial charge in [0, 0.05) is 14.2 Å². The minimum absolute atomic E-state index is 0.0836. The maximum atomic E-state index is 12.6. The number of nitrogens with two attached hydrogens (primary N) is 1. The van der Waals surface area contributed by atoms with Crippen molar-refractivity contribution in [3.05, 3.63) is 35.9 Å². The van der Waals surface area contributed by atoms with Crippen LogP contribution in [0.3, 0.4) is 0 Å². The third-order valence-corrected chi connectivity index (χ3v) is 3.91. The number of benzene rings is 1. The number of ether oxygens (including phenoxy) is 3. The van der Waals surface area contributed by atoms with E-state index in [0.29, 0.717) is 6.42 Å². The van der Waals surface area contributed by atoms with Gasteiger partial charge in [-0.1, -0.05) is 30.3 Å². The lowest BCUT2D eigenvalue weighted by Crippen LogP contribution is -2.56. The van der Waals surface area contributed by atoms with Gasteiger partial charge in [-0.2, -0.15) is 0 Å². The van der Waals surface area contributed by atoms with Crippen LogP contribution in [0.2, 0.25) is 0 Å². The van der Waals surface area contributed by atoms with E-state index in [-0.39, 0.29) is 6.61 Å². The van der Waals surface area contributed by atoms with E-state index >= 15 is 0 Å². The van der Waals surface area contributed by atoms with Gasteiger partial charge in [0.15, 0.2) is 6.29 Å². The molecule has 0 bridgehead atoms. The molecule has 1 heterocycles. The first-order valence-electron chi connectivity index (χ1n) is 7.52. The van der Waals surface area contributed by atoms with E-state index in [1.807, 2.05) is 30.3 Å². The smallest absolute Gasteiger partial charge is 0.417 e. The van der Waals surface area contributed by atoms with Crippen LogP contribution in [0.4, 0.5) is 4.79 Å². The van der Waals surface area contributed by atoms with Gasteiger partial charge in [-0.05, 0) is 12.0 Å². The minimum Gasteiger partial charge on any atom is -0.447 e. The van der Waals surface area contributed by atoms with E-state index in [2.05, 4.69) is 0 Å². The van der Waals surface area contributed by atoms with Gasteiger partial charge in [0.05, 0.1) is 6.04 Å². The van der Waals surface area contributed by atoms with Crippen molar-refractivity contribution in [3.63, 3.8) is 0 Å². The largest absolute Gasteiger partial charge is 0.447 e. The van der Waals surface area contributed by atoms with Gasteiger partial charge in [0.2, 0.25) is 0 Å². The van der Waals surface area contributed by atoms with Crippen LogP contribution >= 0.6 is 0 Å². The summed E-state index contributed by atoms with van der Waals surface area (Å²) in [4.78, 5) is 25.5. The fourth-order valence-electron chi connectivity index (χ4n) is 2.62. The van der Waals surface area contributed by atoms with Crippen LogP contribution in [0, 0.1) is 0 Å². The molecule has 8 nitrogen and oxygen atoms in total. The van der Waals surface area contributed by atoms with Crippen molar-refractivity contribution >= 4 is 12.0 Å². The van der Waals surface area contributed by atoms with Crippen molar-refractivity contribution in [2.45, 2.75) is 30.9 Å². The van der Waals surface area contributed by atoms with Gasteiger partial charge in [-0.3, -0.25) is 4.79 Å². The average Bonchev–Trinajstić information content (AvgIpc) is 2.95. The molecular weight excluding hydrogens is 316 g/mol. The number of methoxy groups -OCH3 is 2. The monoisotopic (exact) mass is 338 g/mol. The van der Waals surface area contributed by atoms with Crippen LogP contribution in [-0.2, 0) is 25.4 Å². The Morgan fingerprint density at radius 1 is 1.38 bits per heavy atom. The van der Waals surface area contributed by atoms with Gasteiger partial charge >= 0.3 is 6.09 Å². The topological polar surface area (TPSA) is 111 Å². The molecule has 0 radical (unpaired) electrons. The van der Waals surface area contributed by atoms with Gasteiger partial charge in [-0.25, -0.2) is 9.69 Å². The number of nitrogens with zero attached hydrogens (tertiary/aromatic N) is 1. The molecule has 1 aliphatic heterocycles. The molecule has 1 fully saturated rings. The molecule has 0 saturated carbocycles. The van der Waals surface area contributed by atoms with E-state index in [1.165, 1.54) is 14.2 Å². The van der Waals surface area contributed by atoms with Crippen LogP contribution in [-0.4, -0.2) is 67.3 Å². The first-order valence-corrected chi connectivity index (χ1v) is 7.52. The number of amides is 2. The minimum atomic E-state index is -1.42. The normalized spacial score (nSPS) is 20.1. The van der Waals surface area contributed by atoms with E-state index in [0.717, 1.165) is 10.5 Å². The maximum Gasteiger partial charge on any atom is 0.417 e. The summed E-state index contributed by atoms with van der Waals surface area (Å²) in [6.07, 6.45) is -2.82. The number of carbonyl (C=O) groups excluding carboxylic acids is 2. The summed E-state index contributed by atoms with van der Waals surface area (Å²) in [7, 11) is 2.63. The van der Waals surface area contributed by atoms with Crippen molar-refractivity contribution in [1.29, 1.82) is 0 Å². The Kier molecular flexibility index (Phi) is 6.27. The number of rotatable bonds is 7. The Balaban J connectivity index is 2.11. The van der Waals surface area contributed by atoms with Crippen LogP contribution in [0.5, 0.6) is 0 Å². The number of aliphatic hydroxyl groups is 1. The van der Waals surface area contributed by atoms with E-state index in [1.54, 1.807) is 0 Å². The second-order valence-electron chi connectivity index (χ2n) is 5.48. The number of hydrogen-bond acceptors (Lipinski definition) is 7. The highest BCUT2D eigenvalue weighted by Crippen LogP contribution is 2.19. The molecule has 0 aromatic heterocycles. The zero-order chi connectivity index (χ0) is 17.7. The van der Waals surface area contributed by atoms with Gasteiger partial charge in [0.1, 0.15) is 18.8 Å². The van der Waals surface area contributed by atoms with E-state index in [4.69, 9.17) is 19.9 Å². The molecule has 3 atom stereocenters. The first kappa shape index (κ1) is 18.3. The van der Waals surface area contributed by atoms with Crippen LogP contribution < -0.4 is 5.73 Å². The highest BCUT2D eigenvalue weighted by atomic mass is 16.7. The Labute approximate surface area is 140 Å². The Morgan fingerprint density at radius 2 is 2.00 bits per heavy atom. The van der Waals surface area contributed by atoms with Crippen molar-refractivity contribution < 1.29 is 28.9 Å². The summed E-state index contributed by atoms with van der Waals surface area (Å²) in [6.45, 7) is 0.0836. The lowest BCUT2D eigenvalue weighted by atomic mass is 10.0. The molecule has 8 heteroatoms. The molecule has 0 aliphatic carbocycles. The molecule has 132 valence electrons. The van der Waals surface area contributed by atoms with Crippen molar-refractivity contribution in [2.24, 2.45) is 5.73 Å². The standard InChI is InChI=1S/C16H22N2O6/c1-22-15(23-2)13(19)12(17)14(20)18-11(9-24-16(18)21)8-10-6-4-3-5-7-10/h3-7,11-13,15,19H,8-9,17H2,1-2H3/t11-,12-,13-/m1/s1. The Morgan fingerprint density at radius 3 is 2.58 bits per heavy atom. The fourth-order valence-corrected chi connectivity index (χ4v) is 2.62. The second-order valence-corrected chi connectivity index (χ2v) is 5.48. The Hall–Kier alpha value is -2.00. The lowest BCUT2D eigenvalue weighted by Gasteiger charge is -2.28. The van der Waals surface area contributed by atoms with E-state index in [9.17, 15) is 14.7 Å². The predicted octanol–water partition coefficient (Wildman–Crippen LogP) is -0.116. The molecule has 2 rings (SSSR count). The highest BCUT2D eigenvalue weighted by Gasteiger charge is 2.43. The summed E-state index contributed by atoms with van der Waals surface area (Å²) in [5.74, 6) is -0.731. The molecule has 1 aliphatic rings. The molecular formula is C16H22N2O6. The van der Waals surface area contributed by atoms with Gasteiger partial charge < -0.3 is 25.1 Å². The number of aliphatic hydroxyl groups excluding tert-OH is 1. The summed E-state index contributed by atoms with van der Waals surface area (Å²) in [5, 5.41) is 10.1. The SMILES string of the molecule is COC(OC)[C@H](O)[C@@H](N)C(=O)N1C(=O)OC[C@H]1Cc1ccccc1. The molecule has 2 amide bonds. The van der Waals surface area contributed by atoms with Crippen molar-refractivity contribution in [3.8, 4) is 0 Å². The summed E-state index contributed by atoms with van der Waals surface area (Å²) >= 11 is 0. The first-order chi connectivity index (χ1) is 11.5. The van der Waals surface area contributed by atoms with E-state index < -0.39 is 36.5 Å². The summed E-state index contributed by atoms with van der Waals surface area (Å²) in [5.41, 5.74) is 6.76. The number of cyclic esters (lactones) is 1. The van der Waals surface area contributed by atoms with Crippen LogP contribution in [0.1, 0.15) is 5.56 Å². The predicted molar refractivity (Wildman–Crippen MR) is 83.9 cm³/mol. The quantitative estimate of drug-likeness (QED) is 0.667. The molecule has 0 unspecified atom stereocenters. The highest BCUT2D eigenvalue weighted by molar-refractivity contribution is 5.96. The third-order valence-electron chi connectivity index (χ3n) is 3.91. The van der Waals surface area contributed by atoms with Gasteiger partial charge in [0.25, 0.3) is 5.91 Å². The Bertz CT molecular complexity index is 563. The second kappa shape index (κ2) is 8.20. The average molecular weight is 338 g/mol. The summed E-state index contributed by atoms with van der Waals surface area (Å²) < 4.78 is 14.8. The molecule has 3 N–H and O–H groups in total. The molecule has 1 aromatic rings. The van der Waals surface area contributed by atoms with Crippen LogP contribution in [0.25, 0.3) is 0 Å². The van der Waals surface area contributed by atoms with Crippen LogP contribution in [0.15, 0.2) is 30.3 Å². The fraction of sp³-hybridized carbons (Fsp3) is 0.500. The van der Waals surface area contributed by atoms with Gasteiger partial charge in [-0.15, -0.1) is 0 Å². The number of carbonyl (C=O) groups is 2. The lowest BCUT2D eigenvalue weighted by molar-refractivity contribution is -0.175. The van der Waals surface area contributed by atoms with Crippen molar-refractivity contribution in [2.75, 3.05) is 20.8 Å². The zero-order valence-electron chi connectivity index (χ0n) is 13.6. The number of imide groups is 1. The molecule has 1 aromatic carbocycles. The molecule has 1 saturated heterocycles. The molecule has 0 spiro atoms. The van der Waals surface area contributed by atoms with Crippen molar-refractivity contribution in [1.82, 2.24) is 4.90 Å².